The van der Waals surface area contributed by atoms with Crippen molar-refractivity contribution in [1.82, 2.24) is 5.32 Å². The summed E-state index contributed by atoms with van der Waals surface area (Å²) in [6.07, 6.45) is 1.41. The molecule has 1 saturated heterocycles. The van der Waals surface area contributed by atoms with Crippen LogP contribution in [0.5, 0.6) is 5.75 Å². The summed E-state index contributed by atoms with van der Waals surface area (Å²) in [5, 5.41) is 2.17. The molecule has 0 bridgehead atoms. The molecule has 0 aromatic heterocycles. The van der Waals surface area contributed by atoms with Crippen LogP contribution in [0.1, 0.15) is 29.8 Å². The number of esters is 1. The number of nitrogens with zero attached hydrogens (tertiary/aromatic N) is 1. The summed E-state index contributed by atoms with van der Waals surface area (Å²) in [4.78, 5) is 50.4. The normalized spacial score (nSPS) is 15.1. The van der Waals surface area contributed by atoms with Crippen molar-refractivity contribution in [2.45, 2.75) is 13.8 Å². The van der Waals surface area contributed by atoms with E-state index in [1.165, 1.54) is 30.3 Å². The van der Waals surface area contributed by atoms with E-state index in [0.29, 0.717) is 17.9 Å². The number of hydrogen-bond donors (Lipinski definition) is 1. The Kier molecular flexibility index (Phi) is 7.06. The maximum atomic E-state index is 13.0. The van der Waals surface area contributed by atoms with Crippen LogP contribution >= 0.6 is 22.6 Å². The van der Waals surface area contributed by atoms with Crippen LogP contribution in [-0.2, 0) is 14.3 Å². The predicted octanol–water partition coefficient (Wildman–Crippen LogP) is 3.53. The molecule has 1 aliphatic heterocycles. The number of carbonyl (C=O) groups excluding carboxylic acids is 4. The number of hydrogen-bond acceptors (Lipinski definition) is 6. The number of barbiturate groups is 1. The molecule has 1 heterocycles. The molecule has 31 heavy (non-hydrogen) atoms. The second-order valence-electron chi connectivity index (χ2n) is 6.38. The molecule has 1 N–H and O–H groups in total. The average Bonchev–Trinajstić information content (AvgIpc) is 2.71. The maximum absolute atomic E-state index is 13.0. The van der Waals surface area contributed by atoms with Gasteiger partial charge < -0.3 is 9.47 Å². The van der Waals surface area contributed by atoms with Gasteiger partial charge in [-0.3, -0.25) is 14.9 Å². The van der Waals surface area contributed by atoms with Crippen molar-refractivity contribution in [3.8, 4) is 5.75 Å². The minimum Gasteiger partial charge on any atom is -0.494 e. The minimum absolute atomic E-state index is 0.196. The van der Waals surface area contributed by atoms with Gasteiger partial charge in [-0.05, 0) is 90.5 Å². The van der Waals surface area contributed by atoms with Crippen molar-refractivity contribution in [3.63, 3.8) is 0 Å². The Labute approximate surface area is 192 Å². The number of ether oxygens (including phenoxy) is 2. The lowest BCUT2D eigenvalue weighted by Crippen LogP contribution is -2.54. The number of imide groups is 2. The number of benzene rings is 2. The summed E-state index contributed by atoms with van der Waals surface area (Å²) in [6.45, 7) is 4.25. The molecule has 1 aliphatic rings. The third-order valence-corrected chi connectivity index (χ3v) is 4.88. The monoisotopic (exact) mass is 534 g/mol. The van der Waals surface area contributed by atoms with Gasteiger partial charge >= 0.3 is 12.0 Å². The van der Waals surface area contributed by atoms with Gasteiger partial charge in [0.2, 0.25) is 0 Å². The lowest BCUT2D eigenvalue weighted by molar-refractivity contribution is -0.122. The van der Waals surface area contributed by atoms with Gasteiger partial charge in [0.05, 0.1) is 24.5 Å². The zero-order valence-electron chi connectivity index (χ0n) is 16.8. The topological polar surface area (TPSA) is 102 Å². The number of nitrogens with one attached hydrogen (secondary N) is 1. The van der Waals surface area contributed by atoms with Crippen LogP contribution in [0.15, 0.2) is 48.0 Å². The third-order valence-electron chi connectivity index (χ3n) is 4.25. The van der Waals surface area contributed by atoms with Crippen LogP contribution in [0.2, 0.25) is 0 Å². The molecular weight excluding hydrogens is 515 g/mol. The van der Waals surface area contributed by atoms with Gasteiger partial charge in [-0.15, -0.1) is 0 Å². The van der Waals surface area contributed by atoms with Crippen LogP contribution in [0.25, 0.3) is 6.08 Å². The second kappa shape index (κ2) is 9.73. The fourth-order valence-electron chi connectivity index (χ4n) is 2.94. The molecule has 0 saturated carbocycles. The van der Waals surface area contributed by atoms with Crippen molar-refractivity contribution in [3.05, 3.63) is 62.7 Å². The highest BCUT2D eigenvalue weighted by Crippen LogP contribution is 2.25. The molecule has 2 aromatic carbocycles. The molecular formula is C22H19IN2O6. The number of anilines is 1. The van der Waals surface area contributed by atoms with E-state index in [1.54, 1.807) is 19.1 Å². The first-order chi connectivity index (χ1) is 14.8. The fourth-order valence-corrected chi connectivity index (χ4v) is 3.60. The first kappa shape index (κ1) is 22.5. The van der Waals surface area contributed by atoms with Crippen molar-refractivity contribution in [1.29, 1.82) is 0 Å². The van der Waals surface area contributed by atoms with Crippen molar-refractivity contribution in [2.75, 3.05) is 18.1 Å². The standard InChI is InChI=1S/C22H19IN2O6/c1-3-30-17-10-13(9-15(23)12-17)11-18-19(26)24-22(29)25(20(18)27)16-7-5-14(6-8-16)21(28)31-4-2/h5-12H,3-4H2,1-2H3,(H,24,26,29)/b18-11+. The van der Waals surface area contributed by atoms with Crippen LogP contribution in [0.4, 0.5) is 10.5 Å². The Morgan fingerprint density at radius 3 is 2.42 bits per heavy atom. The smallest absolute Gasteiger partial charge is 0.338 e. The molecule has 4 amide bonds. The quantitative estimate of drug-likeness (QED) is 0.264. The van der Waals surface area contributed by atoms with Crippen LogP contribution in [0, 0.1) is 3.57 Å². The number of halogens is 1. The number of urea groups is 1. The summed E-state index contributed by atoms with van der Waals surface area (Å²) in [7, 11) is 0. The molecule has 8 nitrogen and oxygen atoms in total. The van der Waals surface area contributed by atoms with Gasteiger partial charge in [0, 0.05) is 3.57 Å². The maximum Gasteiger partial charge on any atom is 0.338 e. The Morgan fingerprint density at radius 2 is 1.77 bits per heavy atom. The summed E-state index contributed by atoms with van der Waals surface area (Å²) < 4.78 is 11.3. The zero-order valence-corrected chi connectivity index (χ0v) is 19.0. The van der Waals surface area contributed by atoms with Gasteiger partial charge in [0.15, 0.2) is 0 Å². The van der Waals surface area contributed by atoms with Crippen LogP contribution < -0.4 is 15.0 Å². The first-order valence-electron chi connectivity index (χ1n) is 9.46. The third kappa shape index (κ3) is 5.10. The highest BCUT2D eigenvalue weighted by molar-refractivity contribution is 14.1. The van der Waals surface area contributed by atoms with E-state index in [2.05, 4.69) is 27.9 Å². The number of carbonyl (C=O) groups is 4. The molecule has 0 unspecified atom stereocenters. The van der Waals surface area contributed by atoms with Gasteiger partial charge in [-0.25, -0.2) is 14.5 Å². The van der Waals surface area contributed by atoms with E-state index in [-0.39, 0.29) is 23.4 Å². The Bertz CT molecular complexity index is 1080. The molecule has 1 fully saturated rings. The highest BCUT2D eigenvalue weighted by atomic mass is 127. The Balaban J connectivity index is 1.94. The second-order valence-corrected chi connectivity index (χ2v) is 7.62. The van der Waals surface area contributed by atoms with Gasteiger partial charge in [-0.2, -0.15) is 0 Å². The lowest BCUT2D eigenvalue weighted by atomic mass is 10.1. The molecule has 9 heteroatoms. The van der Waals surface area contributed by atoms with Crippen LogP contribution in [-0.4, -0.2) is 37.0 Å². The van der Waals surface area contributed by atoms with E-state index >= 15 is 0 Å². The van der Waals surface area contributed by atoms with Crippen molar-refractivity contribution >= 4 is 58.2 Å². The van der Waals surface area contributed by atoms with E-state index in [9.17, 15) is 19.2 Å². The summed E-state index contributed by atoms with van der Waals surface area (Å²) in [6, 6.07) is 10.2. The molecule has 2 aromatic rings. The van der Waals surface area contributed by atoms with E-state index < -0.39 is 23.8 Å². The van der Waals surface area contributed by atoms with Gasteiger partial charge in [-0.1, -0.05) is 0 Å². The van der Waals surface area contributed by atoms with Gasteiger partial charge in [0.1, 0.15) is 11.3 Å². The average molecular weight is 534 g/mol. The van der Waals surface area contributed by atoms with E-state index in [0.717, 1.165) is 8.47 Å². The summed E-state index contributed by atoms with van der Waals surface area (Å²) in [5.74, 6) is -1.46. The summed E-state index contributed by atoms with van der Waals surface area (Å²) in [5.41, 5.74) is 0.885. The molecule has 0 spiro atoms. The Hall–Kier alpha value is -3.21. The van der Waals surface area contributed by atoms with Crippen molar-refractivity contribution in [2.24, 2.45) is 0 Å². The number of rotatable bonds is 6. The molecule has 0 radical (unpaired) electrons. The largest absolute Gasteiger partial charge is 0.494 e. The fraction of sp³-hybridized carbons (Fsp3) is 0.182. The number of amides is 4. The van der Waals surface area contributed by atoms with Crippen LogP contribution in [0.3, 0.4) is 0 Å². The van der Waals surface area contributed by atoms with E-state index in [1.807, 2.05) is 13.0 Å². The minimum atomic E-state index is -0.867. The predicted molar refractivity (Wildman–Crippen MR) is 122 cm³/mol. The molecule has 0 atom stereocenters. The van der Waals surface area contributed by atoms with E-state index in [4.69, 9.17) is 9.47 Å². The molecule has 0 aliphatic carbocycles. The van der Waals surface area contributed by atoms with Crippen molar-refractivity contribution < 1.29 is 28.7 Å². The first-order valence-corrected chi connectivity index (χ1v) is 10.5. The SMILES string of the molecule is CCOC(=O)c1ccc(N2C(=O)NC(=O)/C(=C\c3cc(I)cc(OCC)c3)C2=O)cc1. The molecule has 160 valence electrons. The highest BCUT2D eigenvalue weighted by Gasteiger charge is 2.36. The van der Waals surface area contributed by atoms with Gasteiger partial charge in [0.25, 0.3) is 11.8 Å². The zero-order chi connectivity index (χ0) is 22.5. The Morgan fingerprint density at radius 1 is 1.06 bits per heavy atom. The lowest BCUT2D eigenvalue weighted by Gasteiger charge is -2.26. The molecule has 3 rings (SSSR count). The summed E-state index contributed by atoms with van der Waals surface area (Å²) >= 11 is 2.11.